The van der Waals surface area contributed by atoms with Crippen molar-refractivity contribution in [2.75, 3.05) is 0 Å². The van der Waals surface area contributed by atoms with Gasteiger partial charge in [-0.2, -0.15) is 10.4 Å². The van der Waals surface area contributed by atoms with Crippen molar-refractivity contribution in [2.45, 2.75) is 50.7 Å². The molecule has 1 fully saturated rings. The van der Waals surface area contributed by atoms with E-state index >= 15 is 0 Å². The number of carbonyl (C=O) groups is 2. The summed E-state index contributed by atoms with van der Waals surface area (Å²) in [5.74, 6) is -0.804. The highest BCUT2D eigenvalue weighted by Crippen LogP contribution is 2.47. The summed E-state index contributed by atoms with van der Waals surface area (Å²) in [7, 11) is 0. The number of hydrogen-bond acceptors (Lipinski definition) is 7. The van der Waals surface area contributed by atoms with Crippen molar-refractivity contribution in [1.29, 1.82) is 5.26 Å². The Bertz CT molecular complexity index is 1170. The van der Waals surface area contributed by atoms with Crippen molar-refractivity contribution in [3.05, 3.63) is 58.3 Å². The third-order valence-corrected chi connectivity index (χ3v) is 6.98. The summed E-state index contributed by atoms with van der Waals surface area (Å²) in [6.07, 6.45) is 5.51. The molecule has 1 saturated carbocycles. The first-order chi connectivity index (χ1) is 16.3. The van der Waals surface area contributed by atoms with Crippen LogP contribution in [0.2, 0.25) is 0 Å². The van der Waals surface area contributed by atoms with Crippen molar-refractivity contribution >= 4 is 33.6 Å². The highest BCUT2D eigenvalue weighted by Gasteiger charge is 2.51. The average Bonchev–Trinajstić information content (AvgIpc) is 2.83. The lowest BCUT2D eigenvalue weighted by molar-refractivity contribution is 0.00352. The zero-order valence-corrected chi connectivity index (χ0v) is 19.9. The summed E-state index contributed by atoms with van der Waals surface area (Å²) < 4.78 is 20.3. The lowest BCUT2D eigenvalue weighted by Crippen LogP contribution is -2.54. The van der Waals surface area contributed by atoms with Crippen LogP contribution in [0.1, 0.15) is 55.1 Å². The summed E-state index contributed by atoms with van der Waals surface area (Å²) in [5.41, 5.74) is 1.59. The molecule has 2 aliphatic rings. The first-order valence-electron chi connectivity index (χ1n) is 10.8. The van der Waals surface area contributed by atoms with Gasteiger partial charge in [-0.1, -0.05) is 15.9 Å². The first-order valence-corrected chi connectivity index (χ1v) is 11.6. The second kappa shape index (κ2) is 9.46. The third-order valence-electron chi connectivity index (χ3n) is 6.28. The molecule has 2 aromatic rings. The van der Waals surface area contributed by atoms with Gasteiger partial charge in [-0.05, 0) is 57.2 Å². The van der Waals surface area contributed by atoms with E-state index in [-0.39, 0.29) is 17.6 Å². The number of hydrogen-bond donors (Lipinski definition) is 2. The quantitative estimate of drug-likeness (QED) is 0.606. The Kier molecular flexibility index (Phi) is 6.61. The highest BCUT2D eigenvalue weighted by atomic mass is 79.9. The number of carbonyl (C=O) groups excluding carboxylic acids is 2. The number of nitrogens with zero attached hydrogens (tertiary/aromatic N) is 4. The molecule has 4 rings (SSSR count). The van der Waals surface area contributed by atoms with Gasteiger partial charge in [-0.15, -0.1) is 0 Å². The average molecular weight is 529 g/mol. The van der Waals surface area contributed by atoms with Crippen LogP contribution in [0.4, 0.5) is 9.18 Å². The van der Waals surface area contributed by atoms with E-state index in [1.165, 1.54) is 30.7 Å². The van der Waals surface area contributed by atoms with E-state index in [0.29, 0.717) is 47.9 Å². The maximum Gasteiger partial charge on any atom is 0.428 e. The molecule has 0 bridgehead atoms. The fourth-order valence-corrected chi connectivity index (χ4v) is 5.06. The molecule has 0 radical (unpaired) electrons. The minimum Gasteiger partial charge on any atom is -0.435 e. The van der Waals surface area contributed by atoms with E-state index in [9.17, 15) is 19.2 Å². The Balaban J connectivity index is 1.51. The summed E-state index contributed by atoms with van der Waals surface area (Å²) >= 11 is 3.42. The van der Waals surface area contributed by atoms with Crippen molar-refractivity contribution in [3.8, 4) is 6.07 Å². The number of amides is 2. The normalized spacial score (nSPS) is 24.9. The second-order valence-corrected chi connectivity index (χ2v) is 9.50. The highest BCUT2D eigenvalue weighted by molar-refractivity contribution is 9.10. The van der Waals surface area contributed by atoms with Crippen LogP contribution in [0.5, 0.6) is 0 Å². The maximum absolute atomic E-state index is 14.0. The molecule has 1 atom stereocenters. The predicted octanol–water partition coefficient (Wildman–Crippen LogP) is 3.85. The smallest absolute Gasteiger partial charge is 0.428 e. The van der Waals surface area contributed by atoms with Gasteiger partial charge >= 0.3 is 6.09 Å². The molecule has 2 N–H and O–H groups in total. The van der Waals surface area contributed by atoms with Gasteiger partial charge in [0, 0.05) is 28.5 Å². The van der Waals surface area contributed by atoms with Gasteiger partial charge in [0.25, 0.3) is 5.91 Å². The van der Waals surface area contributed by atoms with Crippen LogP contribution in [0.3, 0.4) is 0 Å². The summed E-state index contributed by atoms with van der Waals surface area (Å²) in [6.45, 7) is 1.83. The monoisotopic (exact) mass is 528 g/mol. The number of halogens is 2. The molecule has 1 aromatic carbocycles. The van der Waals surface area contributed by atoms with E-state index in [1.54, 1.807) is 6.07 Å². The van der Waals surface area contributed by atoms with Gasteiger partial charge in [0.05, 0.1) is 17.7 Å². The fraction of sp³-hybridized carbons (Fsp3) is 0.391. The molecular formula is C23H22BrFN6O3. The van der Waals surface area contributed by atoms with Crippen molar-refractivity contribution in [2.24, 2.45) is 10.5 Å². The van der Waals surface area contributed by atoms with Gasteiger partial charge in [0.15, 0.2) is 5.60 Å². The predicted molar refractivity (Wildman–Crippen MR) is 123 cm³/mol. The Morgan fingerprint density at radius 3 is 2.79 bits per heavy atom. The largest absolute Gasteiger partial charge is 0.435 e. The number of nitriles is 1. The molecular weight excluding hydrogens is 507 g/mol. The number of rotatable bonds is 5. The Labute approximate surface area is 203 Å². The number of aromatic nitrogens is 2. The van der Waals surface area contributed by atoms with Gasteiger partial charge in [0.2, 0.25) is 0 Å². The number of hydrazone groups is 1. The number of ether oxygens (including phenoxy) is 1. The molecule has 9 nitrogen and oxygen atoms in total. The number of benzene rings is 1. The first kappa shape index (κ1) is 23.8. The molecule has 11 heteroatoms. The van der Waals surface area contributed by atoms with Crippen LogP contribution in [-0.4, -0.2) is 39.3 Å². The molecule has 1 aliphatic heterocycles. The third kappa shape index (κ3) is 4.77. The van der Waals surface area contributed by atoms with Crippen molar-refractivity contribution < 1.29 is 18.7 Å². The summed E-state index contributed by atoms with van der Waals surface area (Å²) in [5, 5.41) is 17.1. The van der Waals surface area contributed by atoms with Crippen molar-refractivity contribution in [3.63, 3.8) is 0 Å². The molecule has 1 spiro atoms. The minimum absolute atomic E-state index is 0.200. The molecule has 1 aliphatic carbocycles. The molecule has 1 aromatic heterocycles. The standard InChI is InChI=1S/C23H22BrFN6O3/c1-14(29-20(32)18-12-27-8-9-28-18)11-22(13-26)4-6-23(7-5-22)19(30-31-21(33)34-23)16-10-15(25)2-3-17(16)24/h2-3,8-10,12,14H,4-7,11H2,1H3,(H,29,32)(H,31,33)/t14-,22?,23?/m0/s1. The van der Waals surface area contributed by atoms with Crippen LogP contribution < -0.4 is 10.7 Å². The Morgan fingerprint density at radius 1 is 1.35 bits per heavy atom. The molecule has 2 amide bonds. The summed E-state index contributed by atoms with van der Waals surface area (Å²) in [4.78, 5) is 32.4. The Morgan fingerprint density at radius 2 is 2.12 bits per heavy atom. The minimum atomic E-state index is -1.08. The van der Waals surface area contributed by atoms with Crippen LogP contribution in [-0.2, 0) is 4.74 Å². The second-order valence-electron chi connectivity index (χ2n) is 8.64. The van der Waals surface area contributed by atoms with Crippen LogP contribution >= 0.6 is 15.9 Å². The van der Waals surface area contributed by atoms with Crippen LogP contribution in [0, 0.1) is 22.6 Å². The zero-order chi connectivity index (χ0) is 24.3. The lowest BCUT2D eigenvalue weighted by Gasteiger charge is -2.45. The van der Waals surface area contributed by atoms with E-state index < -0.39 is 22.9 Å². The lowest BCUT2D eigenvalue weighted by atomic mass is 9.65. The molecule has 176 valence electrons. The van der Waals surface area contributed by atoms with E-state index in [1.807, 2.05) is 6.92 Å². The topological polar surface area (TPSA) is 129 Å². The SMILES string of the molecule is C[C@@H](CC1(C#N)CCC2(CC1)OC(=O)NN=C2c1cc(F)ccc1Br)NC(=O)c1cnccn1. The maximum atomic E-state index is 14.0. The Hall–Kier alpha value is -3.39. The fourth-order valence-electron chi connectivity index (χ4n) is 4.62. The van der Waals surface area contributed by atoms with Gasteiger partial charge in [0.1, 0.15) is 17.2 Å². The van der Waals surface area contributed by atoms with Crippen LogP contribution in [0.25, 0.3) is 0 Å². The van der Waals surface area contributed by atoms with E-state index in [2.05, 4.69) is 47.8 Å². The van der Waals surface area contributed by atoms with Crippen molar-refractivity contribution in [1.82, 2.24) is 20.7 Å². The molecule has 34 heavy (non-hydrogen) atoms. The van der Waals surface area contributed by atoms with Crippen LogP contribution in [0.15, 0.2) is 46.4 Å². The zero-order valence-electron chi connectivity index (χ0n) is 18.3. The summed E-state index contributed by atoms with van der Waals surface area (Å²) in [6, 6.07) is 6.35. The van der Waals surface area contributed by atoms with Gasteiger partial charge in [-0.25, -0.2) is 19.6 Å². The number of nitrogens with one attached hydrogen (secondary N) is 2. The van der Waals surface area contributed by atoms with E-state index in [4.69, 9.17) is 4.74 Å². The molecule has 2 heterocycles. The van der Waals surface area contributed by atoms with E-state index in [0.717, 1.165) is 0 Å². The van der Waals surface area contributed by atoms with Gasteiger partial charge < -0.3 is 10.1 Å². The molecule has 0 unspecified atom stereocenters. The van der Waals surface area contributed by atoms with Gasteiger partial charge in [-0.3, -0.25) is 9.78 Å². The molecule has 0 saturated heterocycles.